The zero-order valence-corrected chi connectivity index (χ0v) is 13.2. The van der Waals surface area contributed by atoms with Crippen molar-refractivity contribution in [1.82, 2.24) is 0 Å². The Morgan fingerprint density at radius 1 is 0.955 bits per heavy atom. The van der Waals surface area contributed by atoms with Gasteiger partial charge in [0.25, 0.3) is 0 Å². The predicted molar refractivity (Wildman–Crippen MR) is 85.3 cm³/mol. The molecule has 2 saturated carbocycles. The van der Waals surface area contributed by atoms with Gasteiger partial charge in [0, 0.05) is 12.8 Å². The molecule has 2 aliphatic carbocycles. The van der Waals surface area contributed by atoms with E-state index in [1.54, 1.807) is 24.3 Å². The van der Waals surface area contributed by atoms with Crippen molar-refractivity contribution >= 4 is 5.97 Å². The lowest BCUT2D eigenvalue weighted by atomic mass is 9.72. The summed E-state index contributed by atoms with van der Waals surface area (Å²) in [5, 5.41) is 10.6. The van der Waals surface area contributed by atoms with Crippen molar-refractivity contribution in [3.8, 4) is 0 Å². The molecule has 0 saturated heterocycles. The summed E-state index contributed by atoms with van der Waals surface area (Å²) in [5.74, 6) is -0.156. The molecule has 0 spiro atoms. The summed E-state index contributed by atoms with van der Waals surface area (Å²) < 4.78 is 5.42. The highest BCUT2D eigenvalue weighted by Crippen LogP contribution is 2.41. The van der Waals surface area contributed by atoms with Gasteiger partial charge in [0.05, 0.1) is 5.56 Å². The van der Waals surface area contributed by atoms with Crippen molar-refractivity contribution in [3.05, 3.63) is 35.9 Å². The molecule has 1 aromatic carbocycles. The third kappa shape index (κ3) is 3.70. The zero-order valence-electron chi connectivity index (χ0n) is 13.2. The standard InChI is InChI=1S/C19H26O3/c20-18(17-9-5-2-6-10-17)22-19(21)13-11-16(12-14-19)15-7-3-1-4-8-15/h2,5-6,9-10,15-16,21H,1,3-4,7-8,11-14H2. The molecule has 3 rings (SSSR count). The van der Waals surface area contributed by atoms with Crippen molar-refractivity contribution in [1.29, 1.82) is 0 Å². The second-order valence-electron chi connectivity index (χ2n) is 6.94. The Kier molecular flexibility index (Phi) is 4.82. The van der Waals surface area contributed by atoms with Crippen LogP contribution >= 0.6 is 0 Å². The van der Waals surface area contributed by atoms with Crippen LogP contribution in [-0.4, -0.2) is 16.9 Å². The maximum Gasteiger partial charge on any atom is 0.340 e. The number of carbonyl (C=O) groups is 1. The highest BCUT2D eigenvalue weighted by atomic mass is 16.7. The van der Waals surface area contributed by atoms with Crippen molar-refractivity contribution in [3.63, 3.8) is 0 Å². The van der Waals surface area contributed by atoms with Crippen LogP contribution in [0.15, 0.2) is 30.3 Å². The molecule has 0 atom stereocenters. The second kappa shape index (κ2) is 6.82. The highest BCUT2D eigenvalue weighted by molar-refractivity contribution is 5.89. The lowest BCUT2D eigenvalue weighted by molar-refractivity contribution is -0.191. The van der Waals surface area contributed by atoms with Gasteiger partial charge in [-0.2, -0.15) is 0 Å². The predicted octanol–water partition coefficient (Wildman–Crippen LogP) is 4.30. The number of aliphatic hydroxyl groups is 1. The number of ether oxygens (including phenoxy) is 1. The Labute approximate surface area is 132 Å². The maximum absolute atomic E-state index is 12.1. The number of hydrogen-bond acceptors (Lipinski definition) is 3. The Morgan fingerprint density at radius 3 is 2.18 bits per heavy atom. The number of esters is 1. The van der Waals surface area contributed by atoms with Gasteiger partial charge in [-0.15, -0.1) is 0 Å². The number of rotatable bonds is 3. The van der Waals surface area contributed by atoms with Crippen molar-refractivity contribution in [2.24, 2.45) is 11.8 Å². The minimum Gasteiger partial charge on any atom is -0.430 e. The van der Waals surface area contributed by atoms with E-state index in [-0.39, 0.29) is 0 Å². The van der Waals surface area contributed by atoms with Crippen LogP contribution in [0.25, 0.3) is 0 Å². The van der Waals surface area contributed by atoms with Gasteiger partial charge in [-0.25, -0.2) is 4.79 Å². The van der Waals surface area contributed by atoms with Crippen LogP contribution in [-0.2, 0) is 4.74 Å². The molecule has 1 aromatic rings. The first-order valence-corrected chi connectivity index (χ1v) is 8.67. The monoisotopic (exact) mass is 302 g/mol. The van der Waals surface area contributed by atoms with Crippen molar-refractivity contribution in [2.75, 3.05) is 0 Å². The normalized spacial score (nSPS) is 30.0. The Bertz CT molecular complexity index is 483. The average molecular weight is 302 g/mol. The molecule has 3 heteroatoms. The van der Waals surface area contributed by atoms with E-state index in [2.05, 4.69) is 0 Å². The molecule has 0 radical (unpaired) electrons. The SMILES string of the molecule is O=C(OC1(O)CCC(C2CCCCC2)CC1)c1ccccc1. The largest absolute Gasteiger partial charge is 0.430 e. The van der Waals surface area contributed by atoms with Crippen LogP contribution in [0.4, 0.5) is 0 Å². The van der Waals surface area contributed by atoms with Gasteiger partial charge in [0.2, 0.25) is 5.79 Å². The minimum atomic E-state index is -1.27. The molecule has 2 fully saturated rings. The van der Waals surface area contributed by atoms with E-state index in [4.69, 9.17) is 4.74 Å². The summed E-state index contributed by atoms with van der Waals surface area (Å²) in [6.45, 7) is 0. The topological polar surface area (TPSA) is 46.5 Å². The fraction of sp³-hybridized carbons (Fsp3) is 0.632. The van der Waals surface area contributed by atoms with Crippen LogP contribution in [0, 0.1) is 11.8 Å². The molecule has 22 heavy (non-hydrogen) atoms. The fourth-order valence-electron chi connectivity index (χ4n) is 4.08. The van der Waals surface area contributed by atoms with E-state index in [0.29, 0.717) is 24.3 Å². The van der Waals surface area contributed by atoms with Crippen LogP contribution < -0.4 is 0 Å². The molecule has 1 N–H and O–H groups in total. The van der Waals surface area contributed by atoms with Gasteiger partial charge in [0.15, 0.2) is 0 Å². The summed E-state index contributed by atoms with van der Waals surface area (Å²) in [5.41, 5.74) is 0.505. The van der Waals surface area contributed by atoms with E-state index in [0.717, 1.165) is 18.8 Å². The second-order valence-corrected chi connectivity index (χ2v) is 6.94. The Morgan fingerprint density at radius 2 is 1.55 bits per heavy atom. The summed E-state index contributed by atoms with van der Waals surface area (Å²) in [6.07, 6.45) is 9.87. The lowest BCUT2D eigenvalue weighted by Gasteiger charge is -2.39. The Balaban J connectivity index is 1.54. The van der Waals surface area contributed by atoms with Gasteiger partial charge in [-0.3, -0.25) is 0 Å². The minimum absolute atomic E-state index is 0.417. The molecule has 0 unspecified atom stereocenters. The first-order chi connectivity index (χ1) is 10.7. The molecule has 3 nitrogen and oxygen atoms in total. The van der Waals surface area contributed by atoms with E-state index in [9.17, 15) is 9.90 Å². The van der Waals surface area contributed by atoms with Crippen LogP contribution in [0.5, 0.6) is 0 Å². The maximum atomic E-state index is 12.1. The molecule has 0 heterocycles. The van der Waals surface area contributed by atoms with Crippen LogP contribution in [0.3, 0.4) is 0 Å². The summed E-state index contributed by atoms with van der Waals surface area (Å²) >= 11 is 0. The molecular formula is C19H26O3. The smallest absolute Gasteiger partial charge is 0.340 e. The lowest BCUT2D eigenvalue weighted by Crippen LogP contribution is -2.40. The number of benzene rings is 1. The van der Waals surface area contributed by atoms with Gasteiger partial charge in [-0.1, -0.05) is 50.3 Å². The molecule has 120 valence electrons. The van der Waals surface area contributed by atoms with E-state index >= 15 is 0 Å². The fourth-order valence-corrected chi connectivity index (χ4v) is 4.08. The van der Waals surface area contributed by atoms with Gasteiger partial charge in [0.1, 0.15) is 0 Å². The van der Waals surface area contributed by atoms with Gasteiger partial charge >= 0.3 is 5.97 Å². The third-order valence-corrected chi connectivity index (χ3v) is 5.42. The highest BCUT2D eigenvalue weighted by Gasteiger charge is 2.39. The molecule has 0 amide bonds. The number of hydrogen-bond donors (Lipinski definition) is 1. The molecule has 0 aromatic heterocycles. The van der Waals surface area contributed by atoms with Gasteiger partial charge in [-0.05, 0) is 36.8 Å². The Hall–Kier alpha value is -1.35. The third-order valence-electron chi connectivity index (χ3n) is 5.42. The van der Waals surface area contributed by atoms with E-state index in [1.165, 1.54) is 32.1 Å². The number of carbonyl (C=O) groups excluding carboxylic acids is 1. The van der Waals surface area contributed by atoms with Crippen LogP contribution in [0.2, 0.25) is 0 Å². The molecule has 2 aliphatic rings. The quantitative estimate of drug-likeness (QED) is 0.669. The van der Waals surface area contributed by atoms with E-state index < -0.39 is 11.8 Å². The first-order valence-electron chi connectivity index (χ1n) is 8.67. The molecule has 0 aliphatic heterocycles. The van der Waals surface area contributed by atoms with E-state index in [1.807, 2.05) is 6.07 Å². The summed E-state index contributed by atoms with van der Waals surface area (Å²) in [7, 11) is 0. The van der Waals surface area contributed by atoms with Crippen molar-refractivity contribution in [2.45, 2.75) is 63.6 Å². The molecule has 0 bridgehead atoms. The zero-order chi connectivity index (χ0) is 15.4. The summed E-state index contributed by atoms with van der Waals surface area (Å²) in [4.78, 5) is 12.1. The first kappa shape index (κ1) is 15.5. The van der Waals surface area contributed by atoms with Gasteiger partial charge < -0.3 is 9.84 Å². The van der Waals surface area contributed by atoms with Crippen molar-refractivity contribution < 1.29 is 14.6 Å². The average Bonchev–Trinajstić information content (AvgIpc) is 2.57. The summed E-state index contributed by atoms with van der Waals surface area (Å²) in [6, 6.07) is 8.92. The van der Waals surface area contributed by atoms with Crippen LogP contribution in [0.1, 0.15) is 68.1 Å². The molecular weight excluding hydrogens is 276 g/mol.